The molecule has 2 aliphatic rings. The van der Waals surface area contributed by atoms with Crippen molar-refractivity contribution >= 4 is 23.6 Å². The highest BCUT2D eigenvalue weighted by atomic mass is 32.2. The number of carbonyl (C=O) groups excluding carboxylic acids is 1. The van der Waals surface area contributed by atoms with Gasteiger partial charge in [0.2, 0.25) is 5.91 Å². The molecule has 0 aromatic heterocycles. The maximum atomic E-state index is 12.1. The van der Waals surface area contributed by atoms with Gasteiger partial charge in [-0.15, -0.1) is 18.3 Å². The summed E-state index contributed by atoms with van der Waals surface area (Å²) in [4.78, 5) is 24.8. The summed E-state index contributed by atoms with van der Waals surface area (Å²) >= 11 is 1.62. The number of hydrogen-bond acceptors (Lipinski definition) is 3. The van der Waals surface area contributed by atoms with Crippen LogP contribution in [0, 0.1) is 5.92 Å². The fourth-order valence-corrected chi connectivity index (χ4v) is 3.78. The molecule has 1 N–H and O–H groups in total. The van der Waals surface area contributed by atoms with Gasteiger partial charge in [0.25, 0.3) is 0 Å². The van der Waals surface area contributed by atoms with Crippen LogP contribution in [0.25, 0.3) is 0 Å². The Bertz CT molecular complexity index is 341. The maximum absolute atomic E-state index is 12.1. The number of carboxylic acid groups (broad SMARTS) is 1. The summed E-state index contributed by atoms with van der Waals surface area (Å²) in [6.07, 6.45) is 4.92. The molecule has 4 nitrogen and oxygen atoms in total. The molecule has 0 aromatic carbocycles. The molecule has 94 valence electrons. The van der Waals surface area contributed by atoms with Crippen LogP contribution in [0.2, 0.25) is 0 Å². The van der Waals surface area contributed by atoms with Crippen LogP contribution >= 0.6 is 11.8 Å². The SMILES string of the molecule is C=CCCC(=O)N1C(C(=O)O)CSC1C1CC1. The fourth-order valence-electron chi connectivity index (χ4n) is 2.13. The molecule has 0 spiro atoms. The van der Waals surface area contributed by atoms with Crippen molar-refractivity contribution in [1.82, 2.24) is 4.90 Å². The monoisotopic (exact) mass is 255 g/mol. The number of thioether (sulfide) groups is 1. The quantitative estimate of drug-likeness (QED) is 0.760. The lowest BCUT2D eigenvalue weighted by atomic mass is 10.2. The lowest BCUT2D eigenvalue weighted by Gasteiger charge is -2.27. The van der Waals surface area contributed by atoms with Crippen LogP contribution in [0.3, 0.4) is 0 Å². The first-order valence-electron chi connectivity index (χ1n) is 5.91. The molecule has 2 atom stereocenters. The van der Waals surface area contributed by atoms with Crippen molar-refractivity contribution in [1.29, 1.82) is 0 Å². The van der Waals surface area contributed by atoms with Crippen molar-refractivity contribution in [2.45, 2.75) is 37.1 Å². The van der Waals surface area contributed by atoms with E-state index in [1.54, 1.807) is 22.7 Å². The van der Waals surface area contributed by atoms with Crippen molar-refractivity contribution in [3.05, 3.63) is 12.7 Å². The van der Waals surface area contributed by atoms with Crippen molar-refractivity contribution < 1.29 is 14.7 Å². The first kappa shape index (κ1) is 12.5. The third kappa shape index (κ3) is 2.65. The van der Waals surface area contributed by atoms with Crippen molar-refractivity contribution in [3.63, 3.8) is 0 Å². The normalized spacial score (nSPS) is 28.1. The van der Waals surface area contributed by atoms with Crippen LogP contribution in [-0.2, 0) is 9.59 Å². The highest BCUT2D eigenvalue weighted by molar-refractivity contribution is 8.00. The fraction of sp³-hybridized carbons (Fsp3) is 0.667. The van der Waals surface area contributed by atoms with Gasteiger partial charge in [-0.1, -0.05) is 6.08 Å². The van der Waals surface area contributed by atoms with Crippen LogP contribution in [-0.4, -0.2) is 39.1 Å². The number of allylic oxidation sites excluding steroid dienone is 1. The Labute approximate surface area is 105 Å². The lowest BCUT2D eigenvalue weighted by Crippen LogP contribution is -2.46. The first-order valence-corrected chi connectivity index (χ1v) is 6.96. The molecule has 1 amide bonds. The predicted octanol–water partition coefficient (Wildman–Crippen LogP) is 1.72. The molecule has 2 unspecified atom stereocenters. The summed E-state index contributed by atoms with van der Waals surface area (Å²) < 4.78 is 0. The van der Waals surface area contributed by atoms with Crippen LogP contribution in [0.5, 0.6) is 0 Å². The van der Waals surface area contributed by atoms with E-state index in [9.17, 15) is 9.59 Å². The van der Waals surface area contributed by atoms with E-state index in [0.29, 0.717) is 24.5 Å². The van der Waals surface area contributed by atoms with Gasteiger partial charge in [-0.3, -0.25) is 4.79 Å². The van der Waals surface area contributed by atoms with E-state index in [4.69, 9.17) is 5.11 Å². The Balaban J connectivity index is 2.07. The number of aliphatic carboxylic acids is 1. The molecule has 0 bridgehead atoms. The number of amides is 1. The summed E-state index contributed by atoms with van der Waals surface area (Å²) in [5.41, 5.74) is 0. The van der Waals surface area contributed by atoms with E-state index in [1.807, 2.05) is 0 Å². The van der Waals surface area contributed by atoms with Gasteiger partial charge in [0.1, 0.15) is 6.04 Å². The number of hydrogen-bond donors (Lipinski definition) is 1. The Morgan fingerprint density at radius 1 is 1.47 bits per heavy atom. The zero-order chi connectivity index (χ0) is 12.4. The molecule has 1 aliphatic carbocycles. The lowest BCUT2D eigenvalue weighted by molar-refractivity contribution is -0.149. The Morgan fingerprint density at radius 2 is 2.18 bits per heavy atom. The molecule has 5 heteroatoms. The van der Waals surface area contributed by atoms with Gasteiger partial charge >= 0.3 is 5.97 Å². The second kappa shape index (κ2) is 5.12. The second-order valence-corrected chi connectivity index (χ2v) is 5.69. The van der Waals surface area contributed by atoms with E-state index in [0.717, 1.165) is 12.8 Å². The summed E-state index contributed by atoms with van der Waals surface area (Å²) in [7, 11) is 0. The van der Waals surface area contributed by atoms with E-state index in [2.05, 4.69) is 6.58 Å². The van der Waals surface area contributed by atoms with E-state index in [1.165, 1.54) is 0 Å². The average molecular weight is 255 g/mol. The largest absolute Gasteiger partial charge is 0.480 e. The highest BCUT2D eigenvalue weighted by Crippen LogP contribution is 2.45. The van der Waals surface area contributed by atoms with Crippen LogP contribution in [0.1, 0.15) is 25.7 Å². The van der Waals surface area contributed by atoms with Gasteiger partial charge in [0.15, 0.2) is 0 Å². The third-order valence-corrected chi connectivity index (χ3v) is 4.66. The topological polar surface area (TPSA) is 57.6 Å². The minimum absolute atomic E-state index is 0.0424. The van der Waals surface area contributed by atoms with Crippen molar-refractivity contribution in [3.8, 4) is 0 Å². The molecule has 1 heterocycles. The van der Waals surface area contributed by atoms with Gasteiger partial charge < -0.3 is 10.0 Å². The van der Waals surface area contributed by atoms with E-state index in [-0.39, 0.29) is 11.3 Å². The van der Waals surface area contributed by atoms with Crippen LogP contribution in [0.4, 0.5) is 0 Å². The molecule has 2 fully saturated rings. The Kier molecular flexibility index (Phi) is 3.76. The Hall–Kier alpha value is -0.970. The number of carbonyl (C=O) groups is 2. The predicted molar refractivity (Wildman–Crippen MR) is 66.7 cm³/mol. The zero-order valence-corrected chi connectivity index (χ0v) is 10.5. The van der Waals surface area contributed by atoms with Gasteiger partial charge in [-0.05, 0) is 25.2 Å². The molecule has 1 aliphatic heterocycles. The molecule has 17 heavy (non-hydrogen) atoms. The van der Waals surface area contributed by atoms with E-state index >= 15 is 0 Å². The minimum atomic E-state index is -0.882. The van der Waals surface area contributed by atoms with Crippen LogP contribution < -0.4 is 0 Å². The molecule has 0 aromatic rings. The number of carboxylic acids is 1. The van der Waals surface area contributed by atoms with Crippen molar-refractivity contribution in [2.24, 2.45) is 5.92 Å². The molecule has 2 rings (SSSR count). The minimum Gasteiger partial charge on any atom is -0.480 e. The maximum Gasteiger partial charge on any atom is 0.327 e. The van der Waals surface area contributed by atoms with Gasteiger partial charge in [0, 0.05) is 12.2 Å². The molecular formula is C12H17NO3S. The summed E-state index contributed by atoms with van der Waals surface area (Å²) in [5, 5.41) is 9.24. The standard InChI is InChI=1S/C12H17NO3S/c1-2-3-4-10(14)13-9(12(15)16)7-17-11(13)8-5-6-8/h2,8-9,11H,1,3-7H2,(H,15,16). The average Bonchev–Trinajstić information content (AvgIpc) is 3.04. The zero-order valence-electron chi connectivity index (χ0n) is 9.67. The third-order valence-electron chi connectivity index (χ3n) is 3.20. The Morgan fingerprint density at radius 3 is 2.71 bits per heavy atom. The van der Waals surface area contributed by atoms with Gasteiger partial charge in [-0.2, -0.15) is 0 Å². The van der Waals surface area contributed by atoms with E-state index < -0.39 is 12.0 Å². The smallest absolute Gasteiger partial charge is 0.327 e. The van der Waals surface area contributed by atoms with Crippen LogP contribution in [0.15, 0.2) is 12.7 Å². The molecular weight excluding hydrogens is 238 g/mol. The number of nitrogens with zero attached hydrogens (tertiary/aromatic N) is 1. The van der Waals surface area contributed by atoms with Gasteiger partial charge in [-0.25, -0.2) is 4.79 Å². The molecule has 1 saturated carbocycles. The molecule has 1 saturated heterocycles. The second-order valence-electron chi connectivity index (χ2n) is 4.54. The van der Waals surface area contributed by atoms with Gasteiger partial charge in [0.05, 0.1) is 5.37 Å². The molecule has 0 radical (unpaired) electrons. The first-order chi connectivity index (χ1) is 8.15. The van der Waals surface area contributed by atoms with Crippen molar-refractivity contribution in [2.75, 3.05) is 5.75 Å². The summed E-state index contributed by atoms with van der Waals surface area (Å²) in [6, 6.07) is -0.636. The summed E-state index contributed by atoms with van der Waals surface area (Å²) in [6.45, 7) is 3.59. The number of rotatable bonds is 5. The summed E-state index contributed by atoms with van der Waals surface area (Å²) in [5.74, 6) is 0.111. The highest BCUT2D eigenvalue weighted by Gasteiger charge is 2.47.